The van der Waals surface area contributed by atoms with Gasteiger partial charge in [-0.05, 0) is 38.7 Å². The van der Waals surface area contributed by atoms with E-state index in [0.29, 0.717) is 51.6 Å². The number of carbonyl (C=O) groups is 6. The summed E-state index contributed by atoms with van der Waals surface area (Å²) in [6, 6.07) is -0.812. The zero-order valence-electron chi connectivity index (χ0n) is 20.0. The average Bonchev–Trinajstić information content (AvgIpc) is 3.30. The van der Waals surface area contributed by atoms with E-state index in [0.717, 1.165) is 4.90 Å². The van der Waals surface area contributed by atoms with Crippen molar-refractivity contribution in [2.75, 3.05) is 19.6 Å². The normalized spacial score (nSPS) is 17.9. The van der Waals surface area contributed by atoms with Crippen molar-refractivity contribution < 1.29 is 33.9 Å². The first-order valence-electron chi connectivity index (χ1n) is 12.0. The molecule has 0 aromatic heterocycles. The molecule has 0 aromatic carbocycles. The van der Waals surface area contributed by atoms with Crippen LogP contribution >= 0.6 is 0 Å². The molecule has 0 aromatic rings. The van der Waals surface area contributed by atoms with E-state index in [1.165, 1.54) is 36.1 Å². The first-order chi connectivity index (χ1) is 16.7. The third-order valence-electron chi connectivity index (χ3n) is 5.83. The summed E-state index contributed by atoms with van der Waals surface area (Å²) < 4.78 is 0. The molecular weight excluding hydrogens is 456 g/mol. The van der Waals surface area contributed by atoms with E-state index in [4.69, 9.17) is 0 Å². The number of aliphatic hydroxyl groups is 1. The minimum absolute atomic E-state index is 0.00618. The van der Waals surface area contributed by atoms with Gasteiger partial charge in [-0.1, -0.05) is 12.8 Å². The standard InChI is InChI=1S/C24H34N4O7/c1-17(29)18(26-20(31)9-5-3-7-15-28-23(34)12-13-24(28)35)16-25-19(30)8-4-2-6-14-27-21(32)10-11-22(27)33/h10-13,18,21,32H,2-9,14-16H2,1H3,(H,25,30)(H,26,31). The SMILES string of the molecule is CC(=O)C(CNC(=O)CCCCCN1C(=O)C=CC1O)NC(=O)CCCCCN1C(=O)C=CC1=O. The zero-order chi connectivity index (χ0) is 25.8. The number of nitrogens with zero attached hydrogens (tertiary/aromatic N) is 2. The number of aliphatic hydroxyl groups excluding tert-OH is 1. The number of ketones is 1. The number of hydrogen-bond donors (Lipinski definition) is 3. The number of nitrogens with one attached hydrogen (secondary N) is 2. The molecule has 35 heavy (non-hydrogen) atoms. The second kappa shape index (κ2) is 14.1. The monoisotopic (exact) mass is 490 g/mol. The molecule has 192 valence electrons. The maximum atomic E-state index is 12.2. The summed E-state index contributed by atoms with van der Waals surface area (Å²) in [5, 5.41) is 14.9. The molecule has 0 aliphatic carbocycles. The number of imide groups is 1. The highest BCUT2D eigenvalue weighted by Crippen LogP contribution is 2.11. The van der Waals surface area contributed by atoms with Gasteiger partial charge in [0.05, 0.1) is 0 Å². The molecule has 2 aliphatic heterocycles. The van der Waals surface area contributed by atoms with Crippen LogP contribution in [0.15, 0.2) is 24.3 Å². The molecular formula is C24H34N4O7. The van der Waals surface area contributed by atoms with Gasteiger partial charge < -0.3 is 20.6 Å². The smallest absolute Gasteiger partial charge is 0.253 e. The van der Waals surface area contributed by atoms with Crippen molar-refractivity contribution >= 4 is 35.3 Å². The minimum Gasteiger partial charge on any atom is -0.370 e. The highest BCUT2D eigenvalue weighted by molar-refractivity contribution is 6.12. The lowest BCUT2D eigenvalue weighted by molar-refractivity contribution is -0.137. The van der Waals surface area contributed by atoms with Crippen LogP contribution in [0.5, 0.6) is 0 Å². The molecule has 0 radical (unpaired) electrons. The van der Waals surface area contributed by atoms with Crippen LogP contribution in [0, 0.1) is 0 Å². The summed E-state index contributed by atoms with van der Waals surface area (Å²) in [7, 11) is 0. The first-order valence-corrected chi connectivity index (χ1v) is 12.0. The van der Waals surface area contributed by atoms with Crippen LogP contribution < -0.4 is 10.6 Å². The molecule has 5 amide bonds. The lowest BCUT2D eigenvalue weighted by atomic mass is 10.1. The Balaban J connectivity index is 1.54. The largest absolute Gasteiger partial charge is 0.370 e. The molecule has 11 heteroatoms. The quantitative estimate of drug-likeness (QED) is 0.202. The lowest BCUT2D eigenvalue weighted by Gasteiger charge is -2.20. The maximum absolute atomic E-state index is 12.2. The van der Waals surface area contributed by atoms with Gasteiger partial charge in [0.1, 0.15) is 12.3 Å². The fourth-order valence-electron chi connectivity index (χ4n) is 3.74. The highest BCUT2D eigenvalue weighted by atomic mass is 16.3. The Morgan fingerprint density at radius 2 is 1.46 bits per heavy atom. The lowest BCUT2D eigenvalue weighted by Crippen LogP contribution is -2.47. The van der Waals surface area contributed by atoms with Crippen LogP contribution in [-0.2, 0) is 28.8 Å². The third kappa shape index (κ3) is 9.44. The minimum atomic E-state index is -0.881. The number of carbonyl (C=O) groups excluding carboxylic acids is 6. The average molecular weight is 491 g/mol. The summed E-state index contributed by atoms with van der Waals surface area (Å²) in [5.41, 5.74) is 0. The predicted octanol–water partition coefficient (Wildman–Crippen LogP) is -0.0610. The molecule has 2 unspecified atom stereocenters. The van der Waals surface area contributed by atoms with Crippen LogP contribution in [0.2, 0.25) is 0 Å². The van der Waals surface area contributed by atoms with Gasteiger partial charge in [0, 0.05) is 50.7 Å². The number of unbranched alkanes of at least 4 members (excludes halogenated alkanes) is 4. The zero-order valence-corrected chi connectivity index (χ0v) is 20.0. The maximum Gasteiger partial charge on any atom is 0.253 e. The number of amides is 5. The van der Waals surface area contributed by atoms with Gasteiger partial charge in [-0.3, -0.25) is 33.7 Å². The van der Waals surface area contributed by atoms with Crippen molar-refractivity contribution in [3.63, 3.8) is 0 Å². The number of rotatable bonds is 16. The van der Waals surface area contributed by atoms with Crippen LogP contribution in [-0.4, -0.2) is 82.1 Å². The van der Waals surface area contributed by atoms with Gasteiger partial charge in [-0.25, -0.2) is 0 Å². The summed E-state index contributed by atoms with van der Waals surface area (Å²) in [5.74, 6) is -1.67. The van der Waals surface area contributed by atoms with Gasteiger partial charge in [0.25, 0.3) is 11.8 Å². The molecule has 2 heterocycles. The Morgan fingerprint density at radius 3 is 2.03 bits per heavy atom. The second-order valence-electron chi connectivity index (χ2n) is 8.62. The van der Waals surface area contributed by atoms with Gasteiger partial charge in [0.15, 0.2) is 5.78 Å². The van der Waals surface area contributed by atoms with Gasteiger partial charge in [-0.2, -0.15) is 0 Å². The van der Waals surface area contributed by atoms with Crippen molar-refractivity contribution in [3.05, 3.63) is 24.3 Å². The molecule has 0 spiro atoms. The molecule has 11 nitrogen and oxygen atoms in total. The van der Waals surface area contributed by atoms with Crippen LogP contribution in [0.1, 0.15) is 58.3 Å². The van der Waals surface area contributed by atoms with Crippen molar-refractivity contribution in [3.8, 4) is 0 Å². The Bertz CT molecular complexity index is 865. The Kier molecular flexibility index (Phi) is 11.3. The molecule has 0 saturated heterocycles. The Hall–Kier alpha value is -3.34. The van der Waals surface area contributed by atoms with E-state index in [-0.39, 0.29) is 54.7 Å². The summed E-state index contributed by atoms with van der Waals surface area (Å²) in [6.07, 6.45) is 8.54. The van der Waals surface area contributed by atoms with E-state index in [1.54, 1.807) is 0 Å². The summed E-state index contributed by atoms with van der Waals surface area (Å²) in [4.78, 5) is 73.1. The van der Waals surface area contributed by atoms with E-state index in [2.05, 4.69) is 10.6 Å². The molecule has 3 N–H and O–H groups in total. The highest BCUT2D eigenvalue weighted by Gasteiger charge is 2.23. The molecule has 0 bridgehead atoms. The van der Waals surface area contributed by atoms with Crippen LogP contribution in [0.3, 0.4) is 0 Å². The van der Waals surface area contributed by atoms with Crippen molar-refractivity contribution in [1.82, 2.24) is 20.4 Å². The van der Waals surface area contributed by atoms with E-state index in [9.17, 15) is 33.9 Å². The van der Waals surface area contributed by atoms with E-state index < -0.39 is 12.3 Å². The molecule has 2 aliphatic rings. The Labute approximate surface area is 204 Å². The van der Waals surface area contributed by atoms with Gasteiger partial charge in [-0.15, -0.1) is 0 Å². The van der Waals surface area contributed by atoms with Crippen molar-refractivity contribution in [1.29, 1.82) is 0 Å². The molecule has 0 saturated carbocycles. The van der Waals surface area contributed by atoms with Crippen molar-refractivity contribution in [2.24, 2.45) is 0 Å². The fourth-order valence-corrected chi connectivity index (χ4v) is 3.74. The van der Waals surface area contributed by atoms with Crippen molar-refractivity contribution in [2.45, 2.75) is 70.6 Å². The van der Waals surface area contributed by atoms with Gasteiger partial charge >= 0.3 is 0 Å². The fraction of sp³-hybridized carbons (Fsp3) is 0.583. The van der Waals surface area contributed by atoms with E-state index >= 15 is 0 Å². The first kappa shape index (κ1) is 27.9. The number of hydrogen-bond acceptors (Lipinski definition) is 7. The Morgan fingerprint density at radius 1 is 0.857 bits per heavy atom. The van der Waals surface area contributed by atoms with Gasteiger partial charge in [0.2, 0.25) is 17.7 Å². The molecule has 2 rings (SSSR count). The second-order valence-corrected chi connectivity index (χ2v) is 8.62. The number of Topliss-reactive ketones (excluding diaryl/α,β-unsaturated/α-hetero) is 1. The summed E-state index contributed by atoms with van der Waals surface area (Å²) in [6.45, 7) is 2.08. The summed E-state index contributed by atoms with van der Waals surface area (Å²) >= 11 is 0. The topological polar surface area (TPSA) is 153 Å². The third-order valence-corrected chi connectivity index (χ3v) is 5.83. The molecule has 2 atom stereocenters. The van der Waals surface area contributed by atoms with E-state index in [1.807, 2.05) is 0 Å². The van der Waals surface area contributed by atoms with Crippen LogP contribution in [0.4, 0.5) is 0 Å². The predicted molar refractivity (Wildman–Crippen MR) is 125 cm³/mol. The van der Waals surface area contributed by atoms with Crippen LogP contribution in [0.25, 0.3) is 0 Å². The molecule has 0 fully saturated rings.